The summed E-state index contributed by atoms with van der Waals surface area (Å²) in [5, 5.41) is 0. The van der Waals surface area contributed by atoms with Crippen molar-refractivity contribution in [3.05, 3.63) is 50.2 Å². The number of carbonyl (C=O) groups excluding carboxylic acids is 1. The maximum absolute atomic E-state index is 12.9. The molecular formula is C21H30N4O4. The first-order valence-corrected chi connectivity index (χ1v) is 9.92. The zero-order valence-corrected chi connectivity index (χ0v) is 17.6. The Morgan fingerprint density at radius 2 is 1.79 bits per heavy atom. The first kappa shape index (κ1) is 22.3. The van der Waals surface area contributed by atoms with Crippen LogP contribution in [-0.2, 0) is 11.3 Å². The second kappa shape index (κ2) is 9.95. The van der Waals surface area contributed by atoms with Gasteiger partial charge in [0.05, 0.1) is 0 Å². The van der Waals surface area contributed by atoms with Crippen molar-refractivity contribution in [2.24, 2.45) is 0 Å². The molecule has 29 heavy (non-hydrogen) atoms. The number of nitrogens with one attached hydrogen (secondary N) is 1. The molecule has 0 bridgehead atoms. The maximum Gasteiger partial charge on any atom is 0.330 e. The Balaban J connectivity index is 2.33. The minimum absolute atomic E-state index is 0.000370. The molecule has 0 aliphatic carbocycles. The van der Waals surface area contributed by atoms with Crippen molar-refractivity contribution in [2.75, 3.05) is 23.8 Å². The van der Waals surface area contributed by atoms with Gasteiger partial charge in [-0.1, -0.05) is 26.3 Å². The lowest BCUT2D eigenvalue weighted by molar-refractivity contribution is -0.120. The lowest BCUT2D eigenvalue weighted by Gasteiger charge is -2.24. The molecule has 0 unspecified atom stereocenters. The summed E-state index contributed by atoms with van der Waals surface area (Å²) in [6.07, 6.45) is 2.21. The second-order valence-electron chi connectivity index (χ2n) is 7.16. The van der Waals surface area contributed by atoms with E-state index in [9.17, 15) is 14.4 Å². The van der Waals surface area contributed by atoms with E-state index >= 15 is 0 Å². The van der Waals surface area contributed by atoms with Crippen LogP contribution in [0, 0.1) is 13.8 Å². The number of hydrogen-bond acceptors (Lipinski definition) is 5. The Bertz CT molecular complexity index is 957. The van der Waals surface area contributed by atoms with E-state index in [2.05, 4.69) is 4.98 Å². The Morgan fingerprint density at radius 1 is 1.14 bits per heavy atom. The van der Waals surface area contributed by atoms with Crippen LogP contribution in [0.3, 0.4) is 0 Å². The predicted octanol–water partition coefficient (Wildman–Crippen LogP) is 2.36. The average Bonchev–Trinajstić information content (AvgIpc) is 2.64. The van der Waals surface area contributed by atoms with Gasteiger partial charge in [0.25, 0.3) is 11.5 Å². The summed E-state index contributed by atoms with van der Waals surface area (Å²) in [6.45, 7) is 8.20. The van der Waals surface area contributed by atoms with Crippen molar-refractivity contribution in [3.8, 4) is 5.75 Å². The quantitative estimate of drug-likeness (QED) is 0.669. The zero-order chi connectivity index (χ0) is 21.6. The van der Waals surface area contributed by atoms with E-state index in [0.717, 1.165) is 24.0 Å². The van der Waals surface area contributed by atoms with E-state index in [4.69, 9.17) is 10.5 Å². The highest BCUT2D eigenvalue weighted by atomic mass is 16.5. The number of rotatable bonds is 9. The number of aryl methyl sites for hydroxylation is 2. The van der Waals surface area contributed by atoms with E-state index in [-0.39, 0.29) is 24.7 Å². The molecule has 0 aliphatic rings. The molecule has 0 spiro atoms. The number of H-pyrrole nitrogens is 1. The smallest absolute Gasteiger partial charge is 0.330 e. The maximum atomic E-state index is 12.9. The van der Waals surface area contributed by atoms with Gasteiger partial charge in [-0.3, -0.25) is 19.1 Å². The van der Waals surface area contributed by atoms with Crippen molar-refractivity contribution in [2.45, 2.75) is 53.5 Å². The van der Waals surface area contributed by atoms with Gasteiger partial charge in [0.15, 0.2) is 12.3 Å². The monoisotopic (exact) mass is 402 g/mol. The van der Waals surface area contributed by atoms with Crippen LogP contribution in [-0.4, -0.2) is 28.6 Å². The third-order valence-electron chi connectivity index (χ3n) is 4.53. The molecule has 1 amide bonds. The molecule has 1 aromatic heterocycles. The number of nitrogens with zero attached hydrogens (tertiary/aromatic N) is 2. The van der Waals surface area contributed by atoms with E-state index in [1.54, 1.807) is 0 Å². The molecule has 0 radical (unpaired) electrons. The van der Waals surface area contributed by atoms with Gasteiger partial charge in [-0.2, -0.15) is 0 Å². The number of carbonyl (C=O) groups is 1. The third-order valence-corrected chi connectivity index (χ3v) is 4.53. The van der Waals surface area contributed by atoms with Crippen LogP contribution >= 0.6 is 0 Å². The first-order valence-electron chi connectivity index (χ1n) is 9.92. The SMILES string of the molecule is CCCCn1c(N)c(N(CCC)C(=O)COc2cc(C)cc(C)c2)c(=O)[nH]c1=O. The number of benzene rings is 1. The van der Waals surface area contributed by atoms with Crippen LogP contribution in [0.4, 0.5) is 11.5 Å². The molecule has 8 nitrogen and oxygen atoms in total. The summed E-state index contributed by atoms with van der Waals surface area (Å²) in [6, 6.07) is 5.70. The number of unbranched alkanes of at least 4 members (excludes halogenated alkanes) is 1. The summed E-state index contributed by atoms with van der Waals surface area (Å²) in [5.74, 6) is 0.186. The summed E-state index contributed by atoms with van der Waals surface area (Å²) in [5.41, 5.74) is 6.96. The van der Waals surface area contributed by atoms with Crippen molar-refractivity contribution in [3.63, 3.8) is 0 Å². The van der Waals surface area contributed by atoms with E-state index < -0.39 is 17.2 Å². The van der Waals surface area contributed by atoms with Gasteiger partial charge >= 0.3 is 5.69 Å². The van der Waals surface area contributed by atoms with Gasteiger partial charge in [-0.15, -0.1) is 0 Å². The molecule has 158 valence electrons. The molecule has 0 saturated carbocycles. The van der Waals surface area contributed by atoms with Crippen molar-refractivity contribution < 1.29 is 9.53 Å². The van der Waals surface area contributed by atoms with E-state index in [0.29, 0.717) is 18.7 Å². The van der Waals surface area contributed by atoms with Gasteiger partial charge < -0.3 is 15.4 Å². The molecule has 2 rings (SSSR count). The van der Waals surface area contributed by atoms with Gasteiger partial charge in [0.1, 0.15) is 11.6 Å². The fraction of sp³-hybridized carbons (Fsp3) is 0.476. The molecule has 8 heteroatoms. The third kappa shape index (κ3) is 5.49. The Morgan fingerprint density at radius 3 is 2.38 bits per heavy atom. The number of amides is 1. The van der Waals surface area contributed by atoms with Crippen LogP contribution < -0.4 is 26.6 Å². The molecule has 3 N–H and O–H groups in total. The van der Waals surface area contributed by atoms with Crippen LogP contribution in [0.25, 0.3) is 0 Å². The van der Waals surface area contributed by atoms with E-state index in [1.165, 1.54) is 9.47 Å². The minimum atomic E-state index is -0.673. The topological polar surface area (TPSA) is 110 Å². The Hall–Kier alpha value is -3.03. The number of ether oxygens (including phenoxy) is 1. The number of aromatic amines is 1. The highest BCUT2D eigenvalue weighted by molar-refractivity contribution is 5.96. The lowest BCUT2D eigenvalue weighted by Crippen LogP contribution is -2.43. The molecular weight excluding hydrogens is 372 g/mol. The fourth-order valence-corrected chi connectivity index (χ4v) is 3.20. The van der Waals surface area contributed by atoms with Crippen molar-refractivity contribution in [1.29, 1.82) is 0 Å². The molecule has 0 aliphatic heterocycles. The normalized spacial score (nSPS) is 10.8. The highest BCUT2D eigenvalue weighted by Crippen LogP contribution is 2.19. The van der Waals surface area contributed by atoms with Crippen LogP contribution in [0.15, 0.2) is 27.8 Å². The predicted molar refractivity (Wildman–Crippen MR) is 115 cm³/mol. The van der Waals surface area contributed by atoms with Crippen molar-refractivity contribution in [1.82, 2.24) is 9.55 Å². The minimum Gasteiger partial charge on any atom is -0.484 e. The molecule has 0 atom stereocenters. The number of hydrogen-bond donors (Lipinski definition) is 2. The lowest BCUT2D eigenvalue weighted by atomic mass is 10.1. The number of aromatic nitrogens is 2. The number of nitrogens with two attached hydrogens (primary N) is 1. The van der Waals surface area contributed by atoms with Crippen LogP contribution in [0.1, 0.15) is 44.2 Å². The van der Waals surface area contributed by atoms with Crippen LogP contribution in [0.5, 0.6) is 5.75 Å². The summed E-state index contributed by atoms with van der Waals surface area (Å²) < 4.78 is 6.97. The first-order chi connectivity index (χ1) is 13.8. The molecule has 1 heterocycles. The highest BCUT2D eigenvalue weighted by Gasteiger charge is 2.24. The number of anilines is 2. The molecule has 0 fully saturated rings. The fourth-order valence-electron chi connectivity index (χ4n) is 3.20. The summed E-state index contributed by atoms with van der Waals surface area (Å²) in [4.78, 5) is 41.1. The number of nitrogen functional groups attached to an aromatic ring is 1. The largest absolute Gasteiger partial charge is 0.484 e. The van der Waals surface area contributed by atoms with Gasteiger partial charge in [0, 0.05) is 13.1 Å². The van der Waals surface area contributed by atoms with E-state index in [1.807, 2.05) is 45.9 Å². The second-order valence-corrected chi connectivity index (χ2v) is 7.16. The van der Waals surface area contributed by atoms with Gasteiger partial charge in [-0.05, 0) is 49.9 Å². The van der Waals surface area contributed by atoms with Gasteiger partial charge in [0.2, 0.25) is 0 Å². The zero-order valence-electron chi connectivity index (χ0n) is 17.6. The Labute approximate surface area is 170 Å². The molecule has 0 saturated heterocycles. The summed E-state index contributed by atoms with van der Waals surface area (Å²) >= 11 is 0. The average molecular weight is 402 g/mol. The standard InChI is InChI=1S/C21H30N4O4/c1-5-7-9-25-19(22)18(20(27)23-21(25)28)24(8-6-2)17(26)13-29-16-11-14(3)10-15(4)12-16/h10-12H,5-9,13,22H2,1-4H3,(H,23,27,28). The molecule has 2 aromatic rings. The molecule has 1 aromatic carbocycles. The summed E-state index contributed by atoms with van der Waals surface area (Å²) in [7, 11) is 0. The van der Waals surface area contributed by atoms with Crippen LogP contribution in [0.2, 0.25) is 0 Å². The Kier molecular flexibility index (Phi) is 7.64. The van der Waals surface area contributed by atoms with Crippen molar-refractivity contribution >= 4 is 17.4 Å². The van der Waals surface area contributed by atoms with Gasteiger partial charge in [-0.25, -0.2) is 4.79 Å².